The molecule has 1 aromatic heterocycles. The number of carbonyl (C=O) groups is 1. The van der Waals surface area contributed by atoms with Crippen molar-refractivity contribution in [3.63, 3.8) is 0 Å². The van der Waals surface area contributed by atoms with Crippen LogP contribution in [0.1, 0.15) is 10.4 Å². The van der Waals surface area contributed by atoms with Crippen LogP contribution in [-0.2, 0) is 0 Å². The van der Waals surface area contributed by atoms with Crippen molar-refractivity contribution in [2.75, 3.05) is 7.11 Å². The lowest BCUT2D eigenvalue weighted by Crippen LogP contribution is -2.01. The van der Waals surface area contributed by atoms with Crippen LogP contribution in [0.2, 0.25) is 5.02 Å². The highest BCUT2D eigenvalue weighted by molar-refractivity contribution is 6.35. The van der Waals surface area contributed by atoms with Crippen LogP contribution in [-0.4, -0.2) is 23.2 Å². The van der Waals surface area contributed by atoms with Crippen LogP contribution in [0.4, 0.5) is 0 Å². The van der Waals surface area contributed by atoms with Crippen molar-refractivity contribution in [2.24, 2.45) is 0 Å². The van der Waals surface area contributed by atoms with Gasteiger partial charge >= 0.3 is 5.97 Å². The van der Waals surface area contributed by atoms with Crippen molar-refractivity contribution < 1.29 is 14.6 Å². The fourth-order valence-corrected chi connectivity index (χ4v) is 2.60. The fourth-order valence-electron chi connectivity index (χ4n) is 2.38. The molecule has 0 aliphatic rings. The summed E-state index contributed by atoms with van der Waals surface area (Å²) in [6, 6.07) is 14.0. The Kier molecular flexibility index (Phi) is 3.69. The molecule has 0 atom stereocenters. The summed E-state index contributed by atoms with van der Waals surface area (Å²) < 4.78 is 5.32. The van der Waals surface area contributed by atoms with E-state index in [0.717, 1.165) is 0 Å². The van der Waals surface area contributed by atoms with Gasteiger partial charge in [0.25, 0.3) is 0 Å². The maximum absolute atomic E-state index is 11.6. The fraction of sp³-hybridized carbons (Fsp3) is 0.0588. The van der Waals surface area contributed by atoms with Gasteiger partial charge in [0.2, 0.25) is 0 Å². The van der Waals surface area contributed by atoms with Gasteiger partial charge in [-0.1, -0.05) is 35.9 Å². The zero-order valence-electron chi connectivity index (χ0n) is 11.7. The number of aromatic nitrogens is 1. The third-order valence-corrected chi connectivity index (χ3v) is 3.71. The van der Waals surface area contributed by atoms with E-state index in [1.807, 2.05) is 18.2 Å². The second kappa shape index (κ2) is 5.66. The second-order valence-corrected chi connectivity index (χ2v) is 5.10. The maximum Gasteiger partial charge on any atom is 0.336 e. The first-order chi connectivity index (χ1) is 10.6. The molecule has 1 N–H and O–H groups in total. The molecule has 3 aromatic rings. The van der Waals surface area contributed by atoms with Crippen LogP contribution in [0.5, 0.6) is 5.75 Å². The van der Waals surface area contributed by atoms with Crippen LogP contribution in [0.3, 0.4) is 0 Å². The molecule has 0 saturated carbocycles. The van der Waals surface area contributed by atoms with Crippen molar-refractivity contribution in [3.05, 3.63) is 59.1 Å². The number of para-hydroxylation sites is 2. The molecule has 0 radical (unpaired) electrons. The van der Waals surface area contributed by atoms with E-state index in [1.54, 1.807) is 37.4 Å². The molecule has 0 bridgehead atoms. The molecular weight excluding hydrogens is 302 g/mol. The standard InChI is InChI=1S/C17H12ClNO3/c1-22-15-8-3-2-5-11(15)14-9-12(17(20)21)10-6-4-7-13(18)16(10)19-14/h2-9H,1H3,(H,20,21). The molecule has 0 aliphatic heterocycles. The smallest absolute Gasteiger partial charge is 0.336 e. The van der Waals surface area contributed by atoms with Crippen molar-refractivity contribution in [1.29, 1.82) is 0 Å². The van der Waals surface area contributed by atoms with E-state index in [1.165, 1.54) is 0 Å². The largest absolute Gasteiger partial charge is 0.496 e. The van der Waals surface area contributed by atoms with Gasteiger partial charge in [-0.15, -0.1) is 0 Å². The minimum atomic E-state index is -1.02. The van der Waals surface area contributed by atoms with Gasteiger partial charge in [-0.2, -0.15) is 0 Å². The number of hydrogen-bond donors (Lipinski definition) is 1. The summed E-state index contributed by atoms with van der Waals surface area (Å²) in [5, 5.41) is 10.4. The first-order valence-electron chi connectivity index (χ1n) is 6.58. The lowest BCUT2D eigenvalue weighted by atomic mass is 10.0. The molecule has 2 aromatic carbocycles. The van der Waals surface area contributed by atoms with E-state index >= 15 is 0 Å². The zero-order chi connectivity index (χ0) is 15.7. The lowest BCUT2D eigenvalue weighted by Gasteiger charge is -2.11. The predicted octanol–water partition coefficient (Wildman–Crippen LogP) is 4.26. The van der Waals surface area contributed by atoms with Crippen LogP contribution in [0.25, 0.3) is 22.2 Å². The monoisotopic (exact) mass is 313 g/mol. The van der Waals surface area contributed by atoms with Crippen LogP contribution in [0, 0.1) is 0 Å². The van der Waals surface area contributed by atoms with Crippen molar-refractivity contribution in [1.82, 2.24) is 4.98 Å². The molecule has 0 fully saturated rings. The van der Waals surface area contributed by atoms with Gasteiger partial charge in [0.15, 0.2) is 0 Å². The second-order valence-electron chi connectivity index (χ2n) is 4.70. The van der Waals surface area contributed by atoms with Crippen LogP contribution < -0.4 is 4.74 Å². The van der Waals surface area contributed by atoms with Gasteiger partial charge in [0.1, 0.15) is 5.75 Å². The van der Waals surface area contributed by atoms with Crippen molar-refractivity contribution in [3.8, 4) is 17.0 Å². The first-order valence-corrected chi connectivity index (χ1v) is 6.95. The van der Waals surface area contributed by atoms with Crippen LogP contribution in [0.15, 0.2) is 48.5 Å². The van der Waals surface area contributed by atoms with E-state index in [4.69, 9.17) is 16.3 Å². The highest BCUT2D eigenvalue weighted by atomic mass is 35.5. The van der Waals surface area contributed by atoms with Gasteiger partial charge in [0.05, 0.1) is 28.9 Å². The highest BCUT2D eigenvalue weighted by Crippen LogP contribution is 2.33. The summed E-state index contributed by atoms with van der Waals surface area (Å²) in [6.45, 7) is 0. The normalized spacial score (nSPS) is 10.6. The molecule has 5 heteroatoms. The summed E-state index contributed by atoms with van der Waals surface area (Å²) in [6.07, 6.45) is 0. The highest BCUT2D eigenvalue weighted by Gasteiger charge is 2.16. The van der Waals surface area contributed by atoms with E-state index in [2.05, 4.69) is 4.98 Å². The van der Waals surface area contributed by atoms with Gasteiger partial charge in [0, 0.05) is 10.9 Å². The molecule has 110 valence electrons. The average Bonchev–Trinajstić information content (AvgIpc) is 2.54. The Balaban J connectivity index is 2.36. The molecule has 4 nitrogen and oxygen atoms in total. The summed E-state index contributed by atoms with van der Waals surface area (Å²) in [5.74, 6) is -0.399. The van der Waals surface area contributed by atoms with E-state index < -0.39 is 5.97 Å². The summed E-state index contributed by atoms with van der Waals surface area (Å²) in [4.78, 5) is 16.1. The van der Waals surface area contributed by atoms with Crippen molar-refractivity contribution >= 4 is 28.5 Å². The minimum Gasteiger partial charge on any atom is -0.496 e. The van der Waals surface area contributed by atoms with Crippen molar-refractivity contribution in [2.45, 2.75) is 0 Å². The third-order valence-electron chi connectivity index (χ3n) is 3.40. The Labute approximate surface area is 131 Å². The first kappa shape index (κ1) is 14.4. The Hall–Kier alpha value is -2.59. The molecule has 22 heavy (non-hydrogen) atoms. The molecule has 0 amide bonds. The Morgan fingerprint density at radius 1 is 1.18 bits per heavy atom. The SMILES string of the molecule is COc1ccccc1-c1cc(C(=O)O)c2cccc(Cl)c2n1. The number of carboxylic acid groups (broad SMARTS) is 1. The van der Waals surface area contributed by atoms with E-state index in [9.17, 15) is 9.90 Å². The number of benzene rings is 2. The molecule has 3 rings (SSSR count). The molecule has 0 aliphatic carbocycles. The zero-order valence-corrected chi connectivity index (χ0v) is 12.5. The molecule has 0 unspecified atom stereocenters. The summed E-state index contributed by atoms with van der Waals surface area (Å²) >= 11 is 6.18. The number of pyridine rings is 1. The molecule has 0 spiro atoms. The molecular formula is C17H12ClNO3. The number of nitrogens with zero attached hydrogens (tertiary/aromatic N) is 1. The number of rotatable bonds is 3. The molecule has 0 saturated heterocycles. The minimum absolute atomic E-state index is 0.161. The summed E-state index contributed by atoms with van der Waals surface area (Å²) in [5.41, 5.74) is 1.85. The maximum atomic E-state index is 11.6. The van der Waals surface area contributed by atoms with E-state index in [-0.39, 0.29) is 5.56 Å². The number of carboxylic acids is 1. The Morgan fingerprint density at radius 3 is 2.68 bits per heavy atom. The number of aromatic carboxylic acids is 1. The lowest BCUT2D eigenvalue weighted by molar-refractivity contribution is 0.0699. The average molecular weight is 314 g/mol. The van der Waals surface area contributed by atoms with E-state index in [0.29, 0.717) is 32.9 Å². The van der Waals surface area contributed by atoms with Gasteiger partial charge in [-0.3, -0.25) is 0 Å². The topological polar surface area (TPSA) is 59.4 Å². The number of halogens is 1. The Bertz CT molecular complexity index is 877. The number of fused-ring (bicyclic) bond motifs is 1. The van der Waals surface area contributed by atoms with Gasteiger partial charge in [-0.05, 0) is 24.3 Å². The number of methoxy groups -OCH3 is 1. The third kappa shape index (κ3) is 2.38. The number of ether oxygens (including phenoxy) is 1. The van der Waals surface area contributed by atoms with Gasteiger partial charge < -0.3 is 9.84 Å². The number of hydrogen-bond acceptors (Lipinski definition) is 3. The van der Waals surface area contributed by atoms with Crippen LogP contribution >= 0.6 is 11.6 Å². The molecule has 1 heterocycles. The quantitative estimate of drug-likeness (QED) is 0.784. The summed E-state index contributed by atoms with van der Waals surface area (Å²) in [7, 11) is 1.56. The predicted molar refractivity (Wildman–Crippen MR) is 85.7 cm³/mol. The Morgan fingerprint density at radius 2 is 1.95 bits per heavy atom. The van der Waals surface area contributed by atoms with Gasteiger partial charge in [-0.25, -0.2) is 9.78 Å².